The second-order valence-electron chi connectivity index (χ2n) is 5.28. The monoisotopic (exact) mass is 393 g/mol. The molecule has 2 aromatic rings. The predicted octanol–water partition coefficient (Wildman–Crippen LogP) is 4.98. The lowest BCUT2D eigenvalue weighted by Crippen LogP contribution is -2.17. The Bertz CT molecular complexity index is 850. The van der Waals surface area contributed by atoms with Crippen LogP contribution in [0.5, 0.6) is 5.75 Å². The fourth-order valence-corrected chi connectivity index (χ4v) is 3.29. The predicted molar refractivity (Wildman–Crippen MR) is 101 cm³/mol. The Morgan fingerprint density at radius 3 is 2.40 bits per heavy atom. The summed E-state index contributed by atoms with van der Waals surface area (Å²) in [5.74, 6) is 0.628. The number of ether oxygens (including phenoxy) is 1. The summed E-state index contributed by atoms with van der Waals surface area (Å²) in [6.07, 6.45) is 1.62. The minimum atomic E-state index is -0.396. The van der Waals surface area contributed by atoms with Crippen molar-refractivity contribution in [3.05, 3.63) is 69.1 Å². The number of carbonyl (C=O) groups excluding carboxylic acids is 2. The first-order valence-corrected chi connectivity index (χ1v) is 9.09. The Balaban J connectivity index is 1.68. The molecule has 1 N–H and O–H groups in total. The van der Waals surface area contributed by atoms with Crippen LogP contribution in [0.25, 0.3) is 6.08 Å². The van der Waals surface area contributed by atoms with Crippen LogP contribution in [0.3, 0.4) is 0 Å². The van der Waals surface area contributed by atoms with Gasteiger partial charge < -0.3 is 4.74 Å². The summed E-state index contributed by atoms with van der Waals surface area (Å²) in [4.78, 5) is 23.1. The molecule has 25 heavy (non-hydrogen) atoms. The number of nitrogens with one attached hydrogen (secondary N) is 1. The first kappa shape index (κ1) is 17.9. The topological polar surface area (TPSA) is 55.4 Å². The lowest BCUT2D eigenvalue weighted by atomic mass is 10.1. The molecule has 3 rings (SSSR count). The zero-order chi connectivity index (χ0) is 17.8. The van der Waals surface area contributed by atoms with Gasteiger partial charge >= 0.3 is 0 Å². The average Bonchev–Trinajstić information content (AvgIpc) is 2.92. The van der Waals surface area contributed by atoms with E-state index in [0.29, 0.717) is 28.2 Å². The summed E-state index contributed by atoms with van der Waals surface area (Å²) in [5, 5.41) is 2.27. The minimum absolute atomic E-state index is 0.342. The van der Waals surface area contributed by atoms with Gasteiger partial charge in [0, 0.05) is 5.88 Å². The van der Waals surface area contributed by atoms with Crippen molar-refractivity contribution in [2.75, 3.05) is 0 Å². The first-order chi connectivity index (χ1) is 12.0. The van der Waals surface area contributed by atoms with E-state index in [1.54, 1.807) is 24.3 Å². The summed E-state index contributed by atoms with van der Waals surface area (Å²) in [6, 6.07) is 13.0. The van der Waals surface area contributed by atoms with Crippen molar-refractivity contribution in [1.29, 1.82) is 0 Å². The Hall–Kier alpha value is -1.95. The van der Waals surface area contributed by atoms with E-state index in [2.05, 4.69) is 5.32 Å². The fourth-order valence-electron chi connectivity index (χ4n) is 2.18. The van der Waals surface area contributed by atoms with Crippen LogP contribution in [-0.2, 0) is 17.3 Å². The number of carbonyl (C=O) groups is 2. The molecule has 1 fully saturated rings. The highest BCUT2D eigenvalue weighted by atomic mass is 35.5. The van der Waals surface area contributed by atoms with E-state index >= 15 is 0 Å². The number of alkyl halides is 1. The third-order valence-corrected chi connectivity index (χ3v) is 4.88. The molecule has 1 heterocycles. The molecule has 7 heteroatoms. The van der Waals surface area contributed by atoms with Crippen LogP contribution in [0.15, 0.2) is 47.4 Å². The standard InChI is InChI=1S/C18H13Cl2NO3S/c19-9-11-1-3-12(4-2-11)10-24-15-6-5-13(7-14(15)20)8-16-17(22)21-18(23)25-16/h1-8H,9-10H2,(H,21,22,23)/b16-8-. The molecule has 0 saturated carbocycles. The number of hydrogen-bond donors (Lipinski definition) is 1. The van der Waals surface area contributed by atoms with Crippen LogP contribution in [0.4, 0.5) is 4.79 Å². The molecule has 0 aliphatic carbocycles. The van der Waals surface area contributed by atoms with Crippen molar-refractivity contribution in [2.45, 2.75) is 12.5 Å². The van der Waals surface area contributed by atoms with Crippen molar-refractivity contribution in [1.82, 2.24) is 5.32 Å². The maximum Gasteiger partial charge on any atom is 0.290 e. The third-order valence-electron chi connectivity index (χ3n) is 3.47. The molecule has 2 aromatic carbocycles. The lowest BCUT2D eigenvalue weighted by molar-refractivity contribution is -0.115. The Kier molecular flexibility index (Phi) is 5.68. The van der Waals surface area contributed by atoms with Crippen molar-refractivity contribution in [3.63, 3.8) is 0 Å². The van der Waals surface area contributed by atoms with Gasteiger partial charge in [0.15, 0.2) is 0 Å². The molecule has 2 amide bonds. The largest absolute Gasteiger partial charge is 0.487 e. The summed E-state index contributed by atoms with van der Waals surface area (Å²) in [5.41, 5.74) is 2.78. The van der Waals surface area contributed by atoms with Gasteiger partial charge in [-0.15, -0.1) is 11.6 Å². The van der Waals surface area contributed by atoms with Crippen molar-refractivity contribution in [3.8, 4) is 5.75 Å². The molecule has 0 spiro atoms. The van der Waals surface area contributed by atoms with Gasteiger partial charge in [0.1, 0.15) is 12.4 Å². The molecule has 1 saturated heterocycles. The van der Waals surface area contributed by atoms with E-state index in [1.807, 2.05) is 24.3 Å². The zero-order valence-corrected chi connectivity index (χ0v) is 15.3. The highest BCUT2D eigenvalue weighted by molar-refractivity contribution is 8.18. The third kappa shape index (κ3) is 4.57. The van der Waals surface area contributed by atoms with E-state index in [0.717, 1.165) is 28.5 Å². The fraction of sp³-hybridized carbons (Fsp3) is 0.111. The molecule has 1 aliphatic rings. The maximum atomic E-state index is 11.6. The van der Waals surface area contributed by atoms with E-state index < -0.39 is 5.91 Å². The Morgan fingerprint density at radius 2 is 1.80 bits per heavy atom. The van der Waals surface area contributed by atoms with Gasteiger partial charge in [-0.3, -0.25) is 14.9 Å². The number of hydrogen-bond acceptors (Lipinski definition) is 4. The first-order valence-electron chi connectivity index (χ1n) is 7.36. The van der Waals surface area contributed by atoms with E-state index in [9.17, 15) is 9.59 Å². The molecule has 0 radical (unpaired) electrons. The second-order valence-corrected chi connectivity index (χ2v) is 6.97. The second kappa shape index (κ2) is 7.95. The number of benzene rings is 2. The van der Waals surface area contributed by atoms with Gasteiger partial charge in [0.2, 0.25) is 0 Å². The normalized spacial score (nSPS) is 15.5. The number of imide groups is 1. The molecule has 4 nitrogen and oxygen atoms in total. The minimum Gasteiger partial charge on any atom is -0.487 e. The summed E-state index contributed by atoms with van der Waals surface area (Å²) in [6.45, 7) is 0.384. The van der Waals surface area contributed by atoms with Gasteiger partial charge in [-0.2, -0.15) is 0 Å². The number of halogens is 2. The zero-order valence-electron chi connectivity index (χ0n) is 12.9. The van der Waals surface area contributed by atoms with E-state index in [1.165, 1.54) is 0 Å². The van der Waals surface area contributed by atoms with Gasteiger partial charge in [0.05, 0.1) is 9.93 Å². The van der Waals surface area contributed by atoms with Crippen LogP contribution in [0.2, 0.25) is 5.02 Å². The van der Waals surface area contributed by atoms with Crippen molar-refractivity contribution in [2.24, 2.45) is 0 Å². The molecule has 0 unspecified atom stereocenters. The molecule has 0 atom stereocenters. The number of amides is 2. The van der Waals surface area contributed by atoms with Crippen molar-refractivity contribution >= 4 is 52.2 Å². The van der Waals surface area contributed by atoms with Gasteiger partial charge in [0.25, 0.3) is 11.1 Å². The van der Waals surface area contributed by atoms with Crippen LogP contribution < -0.4 is 10.1 Å². The summed E-state index contributed by atoms with van der Waals surface area (Å²) >= 11 is 12.9. The summed E-state index contributed by atoms with van der Waals surface area (Å²) in [7, 11) is 0. The molecular formula is C18H13Cl2NO3S. The molecular weight excluding hydrogens is 381 g/mol. The molecule has 0 aromatic heterocycles. The van der Waals surface area contributed by atoms with Crippen LogP contribution in [-0.4, -0.2) is 11.1 Å². The van der Waals surface area contributed by atoms with Crippen molar-refractivity contribution < 1.29 is 14.3 Å². The average molecular weight is 394 g/mol. The highest BCUT2D eigenvalue weighted by Gasteiger charge is 2.24. The quantitative estimate of drug-likeness (QED) is 0.574. The van der Waals surface area contributed by atoms with Crippen LogP contribution in [0, 0.1) is 0 Å². The van der Waals surface area contributed by atoms with E-state index in [-0.39, 0.29) is 5.24 Å². The Morgan fingerprint density at radius 1 is 1.08 bits per heavy atom. The summed E-state index contributed by atoms with van der Waals surface area (Å²) < 4.78 is 5.74. The maximum absolute atomic E-state index is 11.6. The molecule has 128 valence electrons. The van der Waals surface area contributed by atoms with Gasteiger partial charge in [-0.1, -0.05) is 41.9 Å². The number of thioether (sulfide) groups is 1. The van der Waals surface area contributed by atoms with Crippen LogP contribution in [0.1, 0.15) is 16.7 Å². The van der Waals surface area contributed by atoms with E-state index in [4.69, 9.17) is 27.9 Å². The van der Waals surface area contributed by atoms with Gasteiger partial charge in [-0.25, -0.2) is 0 Å². The molecule has 0 bridgehead atoms. The number of rotatable bonds is 5. The Labute approximate surface area is 159 Å². The lowest BCUT2D eigenvalue weighted by Gasteiger charge is -2.09. The molecule has 1 aliphatic heterocycles. The smallest absolute Gasteiger partial charge is 0.290 e. The SMILES string of the molecule is O=C1NC(=O)/C(=C/c2ccc(OCc3ccc(CCl)cc3)c(Cl)c2)S1. The van der Waals surface area contributed by atoms with Gasteiger partial charge in [-0.05, 0) is 46.7 Å². The van der Waals surface area contributed by atoms with Crippen LogP contribution >= 0.6 is 35.0 Å². The highest BCUT2D eigenvalue weighted by Crippen LogP contribution is 2.30.